The molecule has 27 heavy (non-hydrogen) atoms. The number of carbonyl (C=O) groups is 1. The molecule has 2 bridgehead atoms. The summed E-state index contributed by atoms with van der Waals surface area (Å²) in [6, 6.07) is 0. The third kappa shape index (κ3) is 1.89. The van der Waals surface area contributed by atoms with Crippen molar-refractivity contribution in [2.24, 2.45) is 39.9 Å². The molecule has 0 aromatic carbocycles. The molecule has 6 unspecified atom stereocenters. The molecule has 1 saturated heterocycles. The molecule has 0 aromatic rings. The zero-order chi connectivity index (χ0) is 19.2. The third-order valence-electron chi connectivity index (χ3n) is 9.58. The Morgan fingerprint density at radius 1 is 1.26 bits per heavy atom. The first kappa shape index (κ1) is 18.1. The van der Waals surface area contributed by atoms with Crippen LogP contribution in [0.2, 0.25) is 0 Å². The molecular formula is C22H32O5. The van der Waals surface area contributed by atoms with Crippen molar-refractivity contribution in [2.75, 3.05) is 20.5 Å². The van der Waals surface area contributed by atoms with Gasteiger partial charge in [0, 0.05) is 18.4 Å². The molecule has 5 rings (SSSR count). The number of rotatable bonds is 3. The topological polar surface area (TPSA) is 65.0 Å². The van der Waals surface area contributed by atoms with Gasteiger partial charge in [-0.2, -0.15) is 0 Å². The number of fused-ring (bicyclic) bond motifs is 5. The van der Waals surface area contributed by atoms with E-state index in [9.17, 15) is 9.90 Å². The summed E-state index contributed by atoms with van der Waals surface area (Å²) in [6.07, 6.45) is 4.24. The van der Waals surface area contributed by atoms with Gasteiger partial charge in [0.1, 0.15) is 6.79 Å². The van der Waals surface area contributed by atoms with Gasteiger partial charge in [-0.3, -0.25) is 4.79 Å². The highest BCUT2D eigenvalue weighted by molar-refractivity contribution is 5.79. The number of hydrogen-bond donors (Lipinski definition) is 1. The van der Waals surface area contributed by atoms with E-state index in [2.05, 4.69) is 20.4 Å². The summed E-state index contributed by atoms with van der Waals surface area (Å²) in [6.45, 7) is 9.52. The van der Waals surface area contributed by atoms with Crippen LogP contribution in [0.5, 0.6) is 0 Å². The highest BCUT2D eigenvalue weighted by Gasteiger charge is 2.77. The van der Waals surface area contributed by atoms with Crippen LogP contribution in [-0.2, 0) is 19.0 Å². The predicted molar refractivity (Wildman–Crippen MR) is 98.5 cm³/mol. The zero-order valence-corrected chi connectivity index (χ0v) is 16.7. The van der Waals surface area contributed by atoms with E-state index in [0.717, 1.165) is 37.7 Å². The maximum absolute atomic E-state index is 12.6. The molecule has 1 aliphatic heterocycles. The third-order valence-corrected chi connectivity index (χ3v) is 9.58. The van der Waals surface area contributed by atoms with Gasteiger partial charge in [-0.15, -0.1) is 0 Å². The minimum Gasteiger partial charge on any atom is -0.465 e. The molecule has 150 valence electrons. The molecule has 5 aliphatic rings. The largest absolute Gasteiger partial charge is 0.465 e. The summed E-state index contributed by atoms with van der Waals surface area (Å²) in [5.74, 6) is 1.06. The van der Waals surface area contributed by atoms with Gasteiger partial charge in [-0.05, 0) is 67.8 Å². The van der Waals surface area contributed by atoms with Crippen molar-refractivity contribution in [1.29, 1.82) is 0 Å². The maximum Gasteiger partial charge on any atom is 0.312 e. The first-order valence-electron chi connectivity index (χ1n) is 10.5. The monoisotopic (exact) mass is 376 g/mol. The number of methoxy groups -OCH3 is 1. The SMILES string of the molecule is C=C1[C@@H]2CCC3C4(C)C(CCC5(C)C(=O)OCC54)C(O)[C@]3(C2)[C@H]1OCOC. The Labute approximate surface area is 161 Å². The molecule has 0 amide bonds. The fourth-order valence-electron chi connectivity index (χ4n) is 8.43. The Balaban J connectivity index is 1.62. The molecule has 4 aliphatic carbocycles. The second-order valence-electron chi connectivity index (χ2n) is 10.2. The van der Waals surface area contributed by atoms with Gasteiger partial charge in [-0.25, -0.2) is 0 Å². The molecule has 9 atom stereocenters. The Bertz CT molecular complexity index is 690. The van der Waals surface area contributed by atoms with Gasteiger partial charge in [0.2, 0.25) is 0 Å². The summed E-state index contributed by atoms with van der Waals surface area (Å²) in [5.41, 5.74) is 0.320. The van der Waals surface area contributed by atoms with Gasteiger partial charge in [0.15, 0.2) is 0 Å². The quantitative estimate of drug-likeness (QED) is 0.466. The summed E-state index contributed by atoms with van der Waals surface area (Å²) in [5, 5.41) is 11.7. The molecule has 5 fully saturated rings. The first-order chi connectivity index (χ1) is 12.8. The van der Waals surface area contributed by atoms with Crippen LogP contribution in [-0.4, -0.2) is 43.8 Å². The predicted octanol–water partition coefficient (Wildman–Crippen LogP) is 2.92. The summed E-state index contributed by atoms with van der Waals surface area (Å²) in [4.78, 5) is 12.6. The minimum atomic E-state index is -0.420. The number of hydrogen-bond acceptors (Lipinski definition) is 5. The molecule has 1 spiro atoms. The number of ether oxygens (including phenoxy) is 3. The number of cyclic esters (lactones) is 1. The van der Waals surface area contributed by atoms with Crippen molar-refractivity contribution >= 4 is 5.97 Å². The minimum absolute atomic E-state index is 0.0423. The van der Waals surface area contributed by atoms with E-state index in [1.165, 1.54) is 0 Å². The van der Waals surface area contributed by atoms with E-state index in [-0.39, 0.29) is 41.5 Å². The van der Waals surface area contributed by atoms with Crippen molar-refractivity contribution < 1.29 is 24.1 Å². The van der Waals surface area contributed by atoms with Crippen molar-refractivity contribution in [3.63, 3.8) is 0 Å². The lowest BCUT2D eigenvalue weighted by Crippen LogP contribution is -2.52. The van der Waals surface area contributed by atoms with E-state index in [1.54, 1.807) is 7.11 Å². The van der Waals surface area contributed by atoms with E-state index in [4.69, 9.17) is 14.2 Å². The van der Waals surface area contributed by atoms with Gasteiger partial charge < -0.3 is 19.3 Å². The van der Waals surface area contributed by atoms with Crippen LogP contribution >= 0.6 is 0 Å². The fourth-order valence-corrected chi connectivity index (χ4v) is 8.43. The van der Waals surface area contributed by atoms with Crippen LogP contribution in [0.25, 0.3) is 0 Å². The lowest BCUT2D eigenvalue weighted by Gasteiger charge is -2.52. The zero-order valence-electron chi connectivity index (χ0n) is 16.7. The van der Waals surface area contributed by atoms with Crippen LogP contribution in [0, 0.1) is 39.9 Å². The average Bonchev–Trinajstić information content (AvgIpc) is 3.14. The molecule has 1 N–H and O–H groups in total. The Hall–Kier alpha value is -0.910. The second-order valence-corrected chi connectivity index (χ2v) is 10.2. The highest BCUT2D eigenvalue weighted by Crippen LogP contribution is 2.76. The van der Waals surface area contributed by atoms with Gasteiger partial charge in [0.05, 0.1) is 24.2 Å². The summed E-state index contributed by atoms with van der Waals surface area (Å²) >= 11 is 0. The van der Waals surface area contributed by atoms with Crippen molar-refractivity contribution in [1.82, 2.24) is 0 Å². The van der Waals surface area contributed by atoms with Gasteiger partial charge in [-0.1, -0.05) is 13.5 Å². The Kier molecular flexibility index (Phi) is 3.75. The Morgan fingerprint density at radius 3 is 2.78 bits per heavy atom. The summed E-state index contributed by atoms with van der Waals surface area (Å²) in [7, 11) is 1.64. The van der Waals surface area contributed by atoms with Crippen LogP contribution < -0.4 is 0 Å². The molecule has 0 radical (unpaired) electrons. The number of esters is 1. The van der Waals surface area contributed by atoms with Crippen molar-refractivity contribution in [3.8, 4) is 0 Å². The van der Waals surface area contributed by atoms with Gasteiger partial charge >= 0.3 is 5.97 Å². The fraction of sp³-hybridized carbons (Fsp3) is 0.864. The maximum atomic E-state index is 12.6. The highest BCUT2D eigenvalue weighted by atomic mass is 16.7. The van der Waals surface area contributed by atoms with Gasteiger partial charge in [0.25, 0.3) is 0 Å². The molecule has 4 saturated carbocycles. The van der Waals surface area contributed by atoms with Crippen LogP contribution in [0.1, 0.15) is 46.0 Å². The lowest BCUT2D eigenvalue weighted by atomic mass is 9.49. The van der Waals surface area contributed by atoms with E-state index < -0.39 is 11.5 Å². The second kappa shape index (κ2) is 5.58. The molecule has 0 aromatic heterocycles. The molecule has 1 heterocycles. The molecular weight excluding hydrogens is 344 g/mol. The van der Waals surface area contributed by atoms with Crippen molar-refractivity contribution in [2.45, 2.75) is 58.2 Å². The smallest absolute Gasteiger partial charge is 0.312 e. The van der Waals surface area contributed by atoms with E-state index >= 15 is 0 Å². The number of carbonyl (C=O) groups excluding carboxylic acids is 1. The lowest BCUT2D eigenvalue weighted by molar-refractivity contribution is -0.149. The summed E-state index contributed by atoms with van der Waals surface area (Å²) < 4.78 is 17.0. The van der Waals surface area contributed by atoms with Crippen molar-refractivity contribution in [3.05, 3.63) is 12.2 Å². The molecule has 5 heteroatoms. The average molecular weight is 376 g/mol. The number of aliphatic hydroxyl groups excluding tert-OH is 1. The van der Waals surface area contributed by atoms with Crippen LogP contribution in [0.15, 0.2) is 12.2 Å². The Morgan fingerprint density at radius 2 is 2.04 bits per heavy atom. The normalized spacial score (nSPS) is 55.9. The van der Waals surface area contributed by atoms with E-state index in [1.807, 2.05) is 0 Å². The number of aliphatic hydroxyl groups is 1. The molecule has 5 nitrogen and oxygen atoms in total. The van der Waals surface area contributed by atoms with E-state index in [0.29, 0.717) is 18.4 Å². The standard InChI is InChI=1S/C22H32O5/c1-12-13-5-6-15-21(3)14(7-8-20(2)16(21)10-26-19(20)24)17(23)22(15,9-13)18(12)27-11-25-4/h13-18,23H,1,5-11H2,2-4H3/t13-,14?,15?,16?,17?,18+,20?,21?,22-/m1/s1. The van der Waals surface area contributed by atoms with Crippen LogP contribution in [0.4, 0.5) is 0 Å². The van der Waals surface area contributed by atoms with Crippen LogP contribution in [0.3, 0.4) is 0 Å². The first-order valence-corrected chi connectivity index (χ1v) is 10.5.